The molecule has 0 bridgehead atoms. The Morgan fingerprint density at radius 1 is 0.808 bits per heavy atom. The minimum Gasteiger partial charge on any atom is -0.425 e. The van der Waals surface area contributed by atoms with Gasteiger partial charge in [-0.1, -0.05) is 51.4 Å². The highest BCUT2D eigenvalue weighted by molar-refractivity contribution is 5.42. The number of oxazole rings is 1. The van der Waals surface area contributed by atoms with Crippen LogP contribution in [0.3, 0.4) is 0 Å². The molecular weight excluding hydrogens is 320 g/mol. The summed E-state index contributed by atoms with van der Waals surface area (Å²) >= 11 is 0. The number of aromatic nitrogens is 1. The van der Waals surface area contributed by atoms with Crippen molar-refractivity contribution in [3.05, 3.63) is 12.1 Å². The molecule has 2 aliphatic rings. The van der Waals surface area contributed by atoms with Gasteiger partial charge in [0.25, 0.3) is 0 Å². The third kappa shape index (κ3) is 4.64. The molecule has 0 unspecified atom stereocenters. The summed E-state index contributed by atoms with van der Waals surface area (Å²) < 4.78 is 6.45. The normalized spacial score (nSPS) is 25.6. The second-order valence-corrected chi connectivity index (χ2v) is 9.95. The van der Waals surface area contributed by atoms with E-state index >= 15 is 0 Å². The molecule has 3 heteroatoms. The zero-order chi connectivity index (χ0) is 18.6. The Bertz CT molecular complexity index is 532. The zero-order valence-corrected chi connectivity index (χ0v) is 17.6. The summed E-state index contributed by atoms with van der Waals surface area (Å²) in [4.78, 5) is 7.29. The van der Waals surface area contributed by atoms with E-state index in [2.05, 4.69) is 32.6 Å². The standard InChI is InChI=1S/C23H40N2O/c1-22(2)16-13-17-23(3,4)25(22)20-18-24-21(26-20)19-14-11-9-7-5-6-8-10-12-15-19/h18-19H,5-17H2,1-4H3. The molecule has 0 spiro atoms. The van der Waals surface area contributed by atoms with Gasteiger partial charge in [0.2, 0.25) is 5.88 Å². The van der Waals surface area contributed by atoms with Crippen LogP contribution in [0.1, 0.15) is 123 Å². The van der Waals surface area contributed by atoms with Gasteiger partial charge in [0.15, 0.2) is 5.89 Å². The first-order valence-corrected chi connectivity index (χ1v) is 11.2. The molecule has 148 valence electrons. The van der Waals surface area contributed by atoms with Crippen LogP contribution in [0.2, 0.25) is 0 Å². The van der Waals surface area contributed by atoms with Crippen LogP contribution in [0.25, 0.3) is 0 Å². The number of hydrogen-bond acceptors (Lipinski definition) is 3. The minimum atomic E-state index is 0.132. The van der Waals surface area contributed by atoms with E-state index in [9.17, 15) is 0 Å². The molecular formula is C23H40N2O. The Balaban J connectivity index is 1.76. The van der Waals surface area contributed by atoms with Gasteiger partial charge >= 0.3 is 0 Å². The predicted molar refractivity (Wildman–Crippen MR) is 110 cm³/mol. The van der Waals surface area contributed by atoms with Gasteiger partial charge < -0.3 is 9.32 Å². The van der Waals surface area contributed by atoms with E-state index in [4.69, 9.17) is 9.40 Å². The average Bonchev–Trinajstić information content (AvgIpc) is 2.98. The van der Waals surface area contributed by atoms with Crippen molar-refractivity contribution in [1.82, 2.24) is 4.98 Å². The average molecular weight is 361 g/mol. The summed E-state index contributed by atoms with van der Waals surface area (Å²) in [5, 5.41) is 0. The van der Waals surface area contributed by atoms with Crippen molar-refractivity contribution in [1.29, 1.82) is 0 Å². The number of anilines is 1. The Hall–Kier alpha value is -0.990. The van der Waals surface area contributed by atoms with E-state index in [1.54, 1.807) is 0 Å². The number of piperidine rings is 1. The van der Waals surface area contributed by atoms with Crippen molar-refractivity contribution in [3.63, 3.8) is 0 Å². The number of rotatable bonds is 2. The van der Waals surface area contributed by atoms with E-state index in [-0.39, 0.29) is 11.1 Å². The van der Waals surface area contributed by atoms with Crippen LogP contribution < -0.4 is 4.90 Å². The molecule has 26 heavy (non-hydrogen) atoms. The van der Waals surface area contributed by atoms with Gasteiger partial charge in [-0.25, -0.2) is 4.98 Å². The van der Waals surface area contributed by atoms with E-state index in [1.165, 1.54) is 83.5 Å². The molecule has 2 fully saturated rings. The highest BCUT2D eigenvalue weighted by atomic mass is 16.4. The van der Waals surface area contributed by atoms with Gasteiger partial charge in [0.1, 0.15) is 0 Å². The van der Waals surface area contributed by atoms with E-state index in [0.717, 1.165) is 11.8 Å². The topological polar surface area (TPSA) is 29.3 Å². The summed E-state index contributed by atoms with van der Waals surface area (Å²) in [5.41, 5.74) is 0.263. The Labute approximate surface area is 160 Å². The fourth-order valence-electron chi connectivity index (χ4n) is 5.40. The summed E-state index contributed by atoms with van der Waals surface area (Å²) in [6, 6.07) is 0. The van der Waals surface area contributed by atoms with Crippen molar-refractivity contribution in [2.45, 2.75) is 128 Å². The summed E-state index contributed by atoms with van der Waals surface area (Å²) in [6.07, 6.45) is 19.3. The summed E-state index contributed by atoms with van der Waals surface area (Å²) in [7, 11) is 0. The van der Waals surface area contributed by atoms with Crippen LogP contribution in [0.5, 0.6) is 0 Å². The molecule has 0 amide bonds. The molecule has 2 heterocycles. The third-order valence-corrected chi connectivity index (χ3v) is 6.72. The molecule has 1 aliphatic heterocycles. The highest BCUT2D eigenvalue weighted by Gasteiger charge is 2.43. The molecule has 1 saturated carbocycles. The summed E-state index contributed by atoms with van der Waals surface area (Å²) in [6.45, 7) is 9.40. The summed E-state index contributed by atoms with van der Waals surface area (Å²) in [5.74, 6) is 2.50. The van der Waals surface area contributed by atoms with E-state index in [0.29, 0.717) is 5.92 Å². The van der Waals surface area contributed by atoms with Crippen LogP contribution in [-0.4, -0.2) is 16.1 Å². The maximum atomic E-state index is 6.45. The van der Waals surface area contributed by atoms with Crippen LogP contribution in [0.15, 0.2) is 10.6 Å². The lowest BCUT2D eigenvalue weighted by Gasteiger charge is -2.52. The SMILES string of the molecule is CC1(C)CCCC(C)(C)N1c1cnc(C2CCCCCCCCCC2)o1. The van der Waals surface area contributed by atoms with Gasteiger partial charge in [-0.2, -0.15) is 0 Å². The molecule has 1 saturated heterocycles. The lowest BCUT2D eigenvalue weighted by Crippen LogP contribution is -2.58. The Kier molecular flexibility index (Phi) is 6.35. The first-order valence-electron chi connectivity index (χ1n) is 11.2. The molecule has 0 N–H and O–H groups in total. The first kappa shape index (κ1) is 19.8. The highest BCUT2D eigenvalue weighted by Crippen LogP contribution is 2.43. The minimum absolute atomic E-state index is 0.132. The smallest absolute Gasteiger partial charge is 0.217 e. The molecule has 3 nitrogen and oxygen atoms in total. The molecule has 1 aromatic rings. The second-order valence-electron chi connectivity index (χ2n) is 9.95. The predicted octanol–water partition coefficient (Wildman–Crippen LogP) is 7.22. The van der Waals surface area contributed by atoms with Crippen molar-refractivity contribution in [3.8, 4) is 0 Å². The second kappa shape index (κ2) is 8.35. The molecule has 1 aliphatic carbocycles. The van der Waals surface area contributed by atoms with Gasteiger partial charge in [-0.3, -0.25) is 0 Å². The van der Waals surface area contributed by atoms with E-state index in [1.807, 2.05) is 6.20 Å². The van der Waals surface area contributed by atoms with Gasteiger partial charge in [-0.05, 0) is 59.8 Å². The van der Waals surface area contributed by atoms with Crippen LogP contribution in [-0.2, 0) is 0 Å². The van der Waals surface area contributed by atoms with Gasteiger partial charge in [0.05, 0.1) is 6.20 Å². The van der Waals surface area contributed by atoms with Crippen LogP contribution in [0, 0.1) is 0 Å². The molecule has 0 radical (unpaired) electrons. The molecule has 0 atom stereocenters. The quantitative estimate of drug-likeness (QED) is 0.557. The maximum absolute atomic E-state index is 6.45. The maximum Gasteiger partial charge on any atom is 0.217 e. The Morgan fingerprint density at radius 2 is 1.31 bits per heavy atom. The first-order chi connectivity index (χ1) is 12.4. The monoisotopic (exact) mass is 360 g/mol. The lowest BCUT2D eigenvalue weighted by molar-refractivity contribution is 0.227. The molecule has 1 aromatic heterocycles. The largest absolute Gasteiger partial charge is 0.425 e. The molecule has 3 rings (SSSR count). The Morgan fingerprint density at radius 3 is 1.85 bits per heavy atom. The van der Waals surface area contributed by atoms with Crippen molar-refractivity contribution < 1.29 is 4.42 Å². The van der Waals surface area contributed by atoms with Gasteiger partial charge in [0, 0.05) is 17.0 Å². The van der Waals surface area contributed by atoms with Crippen LogP contribution >= 0.6 is 0 Å². The van der Waals surface area contributed by atoms with Crippen molar-refractivity contribution in [2.75, 3.05) is 4.90 Å². The fraction of sp³-hybridized carbons (Fsp3) is 0.870. The fourth-order valence-corrected chi connectivity index (χ4v) is 5.40. The van der Waals surface area contributed by atoms with E-state index < -0.39 is 0 Å². The number of nitrogens with zero attached hydrogens (tertiary/aromatic N) is 2. The number of hydrogen-bond donors (Lipinski definition) is 0. The third-order valence-electron chi connectivity index (χ3n) is 6.72. The zero-order valence-electron chi connectivity index (χ0n) is 17.6. The van der Waals surface area contributed by atoms with Gasteiger partial charge in [-0.15, -0.1) is 0 Å². The van der Waals surface area contributed by atoms with Crippen LogP contribution in [0.4, 0.5) is 5.88 Å². The molecule has 0 aromatic carbocycles. The lowest BCUT2D eigenvalue weighted by atomic mass is 9.80. The van der Waals surface area contributed by atoms with Crippen molar-refractivity contribution >= 4 is 5.88 Å². The van der Waals surface area contributed by atoms with Crippen molar-refractivity contribution in [2.24, 2.45) is 0 Å².